The molecule has 0 unspecified atom stereocenters. The van der Waals surface area contributed by atoms with E-state index >= 15 is 0 Å². The van der Waals surface area contributed by atoms with Gasteiger partial charge in [-0.1, -0.05) is 18.5 Å². The molecular formula is C14H18ClN5O. The van der Waals surface area contributed by atoms with Gasteiger partial charge in [-0.3, -0.25) is 9.89 Å². The van der Waals surface area contributed by atoms with Crippen LogP contribution in [0.4, 0.5) is 11.5 Å². The summed E-state index contributed by atoms with van der Waals surface area (Å²) in [4.78, 5) is 16.5. The van der Waals surface area contributed by atoms with E-state index in [4.69, 9.17) is 11.6 Å². The number of aromatic amines is 1. The fourth-order valence-electron chi connectivity index (χ4n) is 1.88. The van der Waals surface area contributed by atoms with Crippen molar-refractivity contribution in [3.63, 3.8) is 0 Å². The van der Waals surface area contributed by atoms with Crippen LogP contribution in [0.1, 0.15) is 35.1 Å². The number of carbonyl (C=O) groups is 1. The molecule has 0 fully saturated rings. The highest BCUT2D eigenvalue weighted by molar-refractivity contribution is 6.34. The maximum atomic E-state index is 12.4. The summed E-state index contributed by atoms with van der Waals surface area (Å²) < 4.78 is 0. The Hall–Kier alpha value is -2.08. The van der Waals surface area contributed by atoms with Crippen LogP contribution >= 0.6 is 11.6 Å². The van der Waals surface area contributed by atoms with Crippen LogP contribution in [0, 0.1) is 13.8 Å². The van der Waals surface area contributed by atoms with Crippen molar-refractivity contribution in [3.8, 4) is 0 Å². The van der Waals surface area contributed by atoms with Gasteiger partial charge in [0, 0.05) is 12.7 Å². The van der Waals surface area contributed by atoms with E-state index in [-0.39, 0.29) is 5.91 Å². The molecule has 0 aromatic carbocycles. The first-order chi connectivity index (χ1) is 10.0. The third-order valence-corrected chi connectivity index (χ3v) is 3.32. The van der Waals surface area contributed by atoms with Gasteiger partial charge in [0.15, 0.2) is 0 Å². The zero-order valence-electron chi connectivity index (χ0n) is 12.2. The highest BCUT2D eigenvalue weighted by Crippen LogP contribution is 2.22. The molecule has 0 aliphatic rings. The van der Waals surface area contributed by atoms with Crippen LogP contribution < -0.4 is 10.6 Å². The van der Waals surface area contributed by atoms with Crippen molar-refractivity contribution >= 4 is 29.0 Å². The molecule has 112 valence electrons. The molecule has 3 N–H and O–H groups in total. The maximum Gasteiger partial charge on any atom is 0.257 e. The van der Waals surface area contributed by atoms with Crippen molar-refractivity contribution in [1.82, 2.24) is 15.2 Å². The van der Waals surface area contributed by atoms with E-state index in [1.165, 1.54) is 6.20 Å². The topological polar surface area (TPSA) is 82.7 Å². The molecule has 0 bridgehead atoms. The molecule has 2 rings (SSSR count). The number of pyridine rings is 1. The standard InChI is InChI=1S/C14H18ClN5O/c1-4-5-16-12-6-10(11(15)7-17-12)14(21)18-13-8(2)19-20-9(13)3/h6-7H,4-5H2,1-3H3,(H,16,17)(H,18,21)(H,19,20). The zero-order valence-corrected chi connectivity index (χ0v) is 13.0. The Kier molecular flexibility index (Phi) is 4.80. The van der Waals surface area contributed by atoms with E-state index in [0.29, 0.717) is 22.1 Å². The van der Waals surface area contributed by atoms with Gasteiger partial charge in [0.2, 0.25) is 0 Å². The molecule has 21 heavy (non-hydrogen) atoms. The first kappa shape index (κ1) is 15.3. The molecule has 1 amide bonds. The fraction of sp³-hybridized carbons (Fsp3) is 0.357. The maximum absolute atomic E-state index is 12.4. The molecule has 0 saturated heterocycles. The molecule has 6 nitrogen and oxygen atoms in total. The van der Waals surface area contributed by atoms with Crippen LogP contribution in [0.3, 0.4) is 0 Å². The van der Waals surface area contributed by atoms with Crippen molar-refractivity contribution in [2.24, 2.45) is 0 Å². The minimum atomic E-state index is -0.283. The summed E-state index contributed by atoms with van der Waals surface area (Å²) in [7, 11) is 0. The smallest absolute Gasteiger partial charge is 0.257 e. The summed E-state index contributed by atoms with van der Waals surface area (Å²) in [6, 6.07) is 1.65. The Morgan fingerprint density at radius 2 is 2.19 bits per heavy atom. The van der Waals surface area contributed by atoms with Gasteiger partial charge in [-0.25, -0.2) is 4.98 Å². The van der Waals surface area contributed by atoms with Gasteiger partial charge in [-0.2, -0.15) is 5.10 Å². The van der Waals surface area contributed by atoms with Gasteiger partial charge < -0.3 is 10.6 Å². The lowest BCUT2D eigenvalue weighted by Crippen LogP contribution is -2.14. The van der Waals surface area contributed by atoms with Crippen molar-refractivity contribution < 1.29 is 4.79 Å². The van der Waals surface area contributed by atoms with Gasteiger partial charge >= 0.3 is 0 Å². The van der Waals surface area contributed by atoms with E-state index in [1.807, 2.05) is 13.8 Å². The summed E-state index contributed by atoms with van der Waals surface area (Å²) in [5.41, 5.74) is 2.59. The molecule has 0 aliphatic heterocycles. The number of aromatic nitrogens is 3. The highest BCUT2D eigenvalue weighted by atomic mass is 35.5. The van der Waals surface area contributed by atoms with Gasteiger partial charge in [-0.05, 0) is 26.3 Å². The third kappa shape index (κ3) is 3.52. The summed E-state index contributed by atoms with van der Waals surface area (Å²) >= 11 is 6.07. The van der Waals surface area contributed by atoms with E-state index in [9.17, 15) is 4.79 Å². The fourth-order valence-corrected chi connectivity index (χ4v) is 2.07. The van der Waals surface area contributed by atoms with Crippen molar-refractivity contribution in [2.45, 2.75) is 27.2 Å². The van der Waals surface area contributed by atoms with Crippen LogP contribution in [-0.4, -0.2) is 27.6 Å². The van der Waals surface area contributed by atoms with Gasteiger partial charge in [0.1, 0.15) is 5.82 Å². The predicted octanol–water partition coefficient (Wildman–Crippen LogP) is 3.15. The minimum absolute atomic E-state index is 0.283. The lowest BCUT2D eigenvalue weighted by Gasteiger charge is -2.09. The predicted molar refractivity (Wildman–Crippen MR) is 84.0 cm³/mol. The number of carbonyl (C=O) groups excluding carboxylic acids is 1. The quantitative estimate of drug-likeness (QED) is 0.792. The van der Waals surface area contributed by atoms with Crippen LogP contribution in [0.2, 0.25) is 5.02 Å². The lowest BCUT2D eigenvalue weighted by atomic mass is 10.2. The van der Waals surface area contributed by atoms with Crippen molar-refractivity contribution in [2.75, 3.05) is 17.2 Å². The normalized spacial score (nSPS) is 10.5. The Bertz CT molecular complexity index is 633. The SMILES string of the molecule is CCCNc1cc(C(=O)Nc2c(C)n[nH]c2C)c(Cl)cn1. The summed E-state index contributed by atoms with van der Waals surface area (Å²) in [5.74, 6) is 0.349. The molecule has 7 heteroatoms. The number of H-pyrrole nitrogens is 1. The van der Waals surface area contributed by atoms with E-state index in [2.05, 4.69) is 32.7 Å². The number of rotatable bonds is 5. The molecule has 0 aliphatic carbocycles. The third-order valence-electron chi connectivity index (χ3n) is 3.02. The monoisotopic (exact) mass is 307 g/mol. The lowest BCUT2D eigenvalue weighted by molar-refractivity contribution is 0.102. The van der Waals surface area contributed by atoms with Crippen LogP contribution in [0.5, 0.6) is 0 Å². The number of amides is 1. The summed E-state index contributed by atoms with van der Waals surface area (Å²) in [6.45, 7) is 6.51. The molecule has 2 heterocycles. The first-order valence-electron chi connectivity index (χ1n) is 6.75. The Morgan fingerprint density at radius 1 is 1.43 bits per heavy atom. The van der Waals surface area contributed by atoms with E-state index in [0.717, 1.165) is 24.4 Å². The van der Waals surface area contributed by atoms with Crippen LogP contribution in [-0.2, 0) is 0 Å². The zero-order chi connectivity index (χ0) is 15.4. The second kappa shape index (κ2) is 6.58. The highest BCUT2D eigenvalue weighted by Gasteiger charge is 2.15. The van der Waals surface area contributed by atoms with E-state index < -0.39 is 0 Å². The summed E-state index contributed by atoms with van der Waals surface area (Å²) in [6.07, 6.45) is 2.45. The molecular weight excluding hydrogens is 290 g/mol. The van der Waals surface area contributed by atoms with Crippen molar-refractivity contribution in [1.29, 1.82) is 0 Å². The minimum Gasteiger partial charge on any atom is -0.370 e. The second-order valence-electron chi connectivity index (χ2n) is 4.74. The number of hydrogen-bond donors (Lipinski definition) is 3. The second-order valence-corrected chi connectivity index (χ2v) is 5.15. The molecule has 2 aromatic heterocycles. The number of hydrogen-bond acceptors (Lipinski definition) is 4. The largest absolute Gasteiger partial charge is 0.370 e. The van der Waals surface area contributed by atoms with Crippen molar-refractivity contribution in [3.05, 3.63) is 34.2 Å². The Labute approximate surface area is 128 Å². The number of aryl methyl sites for hydroxylation is 2. The number of nitrogens with zero attached hydrogens (tertiary/aromatic N) is 2. The van der Waals surface area contributed by atoms with Gasteiger partial charge in [-0.15, -0.1) is 0 Å². The van der Waals surface area contributed by atoms with E-state index in [1.54, 1.807) is 6.07 Å². The molecule has 2 aromatic rings. The molecule has 0 radical (unpaired) electrons. The van der Waals surface area contributed by atoms with Gasteiger partial charge in [0.05, 0.1) is 27.7 Å². The molecule has 0 saturated carbocycles. The Balaban J connectivity index is 2.22. The number of anilines is 2. The summed E-state index contributed by atoms with van der Waals surface area (Å²) in [5, 5.41) is 13.1. The molecule has 0 spiro atoms. The van der Waals surface area contributed by atoms with Crippen LogP contribution in [0.25, 0.3) is 0 Å². The average Bonchev–Trinajstić information content (AvgIpc) is 2.78. The average molecular weight is 308 g/mol. The number of nitrogens with one attached hydrogen (secondary N) is 3. The number of halogens is 1. The molecule has 0 atom stereocenters. The van der Waals surface area contributed by atoms with Crippen LogP contribution in [0.15, 0.2) is 12.3 Å². The Morgan fingerprint density at radius 3 is 2.81 bits per heavy atom. The van der Waals surface area contributed by atoms with Gasteiger partial charge in [0.25, 0.3) is 5.91 Å². The first-order valence-corrected chi connectivity index (χ1v) is 7.13.